The zero-order chi connectivity index (χ0) is 9.60. The highest BCUT2D eigenvalue weighted by atomic mass is 35.5. The van der Waals surface area contributed by atoms with Gasteiger partial charge >= 0.3 is 0 Å². The molecule has 2 aliphatic rings. The molecule has 1 unspecified atom stereocenters. The van der Waals surface area contributed by atoms with Crippen LogP contribution in [0.2, 0.25) is 0 Å². The van der Waals surface area contributed by atoms with Gasteiger partial charge in [0.05, 0.1) is 0 Å². The molecule has 3 rings (SSSR count). The van der Waals surface area contributed by atoms with Crippen LogP contribution in [-0.4, -0.2) is 0 Å². The van der Waals surface area contributed by atoms with Crippen molar-refractivity contribution in [1.82, 2.24) is 0 Å². The number of nitrogens with two attached hydrogens (primary N) is 1. The number of benzene rings is 1. The van der Waals surface area contributed by atoms with Gasteiger partial charge in [-0.15, -0.1) is 12.4 Å². The van der Waals surface area contributed by atoms with E-state index in [0.29, 0.717) is 5.41 Å². The normalized spacial score (nSPS) is 26.3. The molecule has 82 valence electrons. The van der Waals surface area contributed by atoms with Crippen LogP contribution in [0.3, 0.4) is 0 Å². The van der Waals surface area contributed by atoms with Crippen LogP contribution in [-0.2, 0) is 0 Å². The summed E-state index contributed by atoms with van der Waals surface area (Å²) in [7, 11) is 0. The van der Waals surface area contributed by atoms with Crippen LogP contribution >= 0.6 is 12.4 Å². The van der Waals surface area contributed by atoms with Gasteiger partial charge in [-0.1, -0.05) is 18.6 Å². The molecule has 1 aromatic carbocycles. The third kappa shape index (κ3) is 1.53. The Labute approximate surface area is 97.5 Å². The molecule has 0 bridgehead atoms. The molecule has 1 aromatic rings. The zero-order valence-electron chi connectivity index (χ0n) is 8.91. The first kappa shape index (κ1) is 10.8. The van der Waals surface area contributed by atoms with Gasteiger partial charge in [-0.25, -0.2) is 0 Å². The van der Waals surface area contributed by atoms with E-state index in [2.05, 4.69) is 18.2 Å². The lowest BCUT2D eigenvalue weighted by Crippen LogP contribution is -2.43. The van der Waals surface area contributed by atoms with Crippen molar-refractivity contribution in [3.8, 4) is 0 Å². The molecular weight excluding hydrogens is 206 g/mol. The lowest BCUT2D eigenvalue weighted by Gasteiger charge is -2.56. The Morgan fingerprint density at radius 3 is 2.47 bits per heavy atom. The van der Waals surface area contributed by atoms with Crippen molar-refractivity contribution >= 4 is 18.1 Å². The first-order valence-corrected chi connectivity index (χ1v) is 5.66. The maximum Gasteiger partial charge on any atom is 0.0316 e. The lowest BCUT2D eigenvalue weighted by atomic mass is 9.48. The summed E-state index contributed by atoms with van der Waals surface area (Å²) in [5.41, 5.74) is 8.93. The number of nitrogen functional groups attached to an aromatic ring is 1. The van der Waals surface area contributed by atoms with Crippen molar-refractivity contribution in [1.29, 1.82) is 0 Å². The van der Waals surface area contributed by atoms with Crippen molar-refractivity contribution in [2.75, 3.05) is 5.73 Å². The summed E-state index contributed by atoms with van der Waals surface area (Å²) in [5, 5.41) is 0. The number of rotatable bonds is 1. The van der Waals surface area contributed by atoms with Crippen molar-refractivity contribution in [2.24, 2.45) is 5.41 Å². The van der Waals surface area contributed by atoms with Crippen molar-refractivity contribution in [2.45, 2.75) is 38.0 Å². The molecule has 0 amide bonds. The van der Waals surface area contributed by atoms with E-state index in [9.17, 15) is 0 Å². The van der Waals surface area contributed by atoms with E-state index in [1.807, 2.05) is 6.07 Å². The second-order valence-corrected chi connectivity index (χ2v) is 4.98. The first-order chi connectivity index (χ1) is 6.80. The summed E-state index contributed by atoms with van der Waals surface area (Å²) in [6.45, 7) is 0. The molecule has 15 heavy (non-hydrogen) atoms. The maximum absolute atomic E-state index is 5.82. The topological polar surface area (TPSA) is 26.0 Å². The smallest absolute Gasteiger partial charge is 0.0316 e. The minimum Gasteiger partial charge on any atom is -0.399 e. The van der Waals surface area contributed by atoms with E-state index < -0.39 is 0 Å². The largest absolute Gasteiger partial charge is 0.399 e. The van der Waals surface area contributed by atoms with Gasteiger partial charge in [0, 0.05) is 5.69 Å². The Hall–Kier alpha value is -0.690. The maximum atomic E-state index is 5.82. The van der Waals surface area contributed by atoms with Gasteiger partial charge < -0.3 is 5.73 Å². The average Bonchev–Trinajstić information content (AvgIpc) is 1.99. The second kappa shape index (κ2) is 3.71. The van der Waals surface area contributed by atoms with Gasteiger partial charge in [0.1, 0.15) is 0 Å². The van der Waals surface area contributed by atoms with Crippen LogP contribution in [0.1, 0.15) is 43.6 Å². The van der Waals surface area contributed by atoms with Gasteiger partial charge in [0.2, 0.25) is 0 Å². The first-order valence-electron chi connectivity index (χ1n) is 5.66. The molecule has 0 aliphatic heterocycles. The molecule has 1 nitrogen and oxygen atoms in total. The molecule has 1 spiro atoms. The second-order valence-electron chi connectivity index (χ2n) is 4.98. The van der Waals surface area contributed by atoms with E-state index in [1.165, 1.54) is 37.7 Å². The van der Waals surface area contributed by atoms with Crippen LogP contribution < -0.4 is 5.73 Å². The van der Waals surface area contributed by atoms with Crippen LogP contribution in [0.25, 0.3) is 0 Å². The fourth-order valence-electron chi connectivity index (χ4n) is 3.22. The van der Waals surface area contributed by atoms with Crippen LogP contribution in [0.5, 0.6) is 0 Å². The summed E-state index contributed by atoms with van der Waals surface area (Å²) in [6.07, 6.45) is 7.17. The summed E-state index contributed by atoms with van der Waals surface area (Å²) < 4.78 is 0. The van der Waals surface area contributed by atoms with Crippen LogP contribution in [0.4, 0.5) is 5.69 Å². The van der Waals surface area contributed by atoms with Gasteiger partial charge in [-0.3, -0.25) is 0 Å². The Morgan fingerprint density at radius 1 is 1.20 bits per heavy atom. The van der Waals surface area contributed by atoms with Gasteiger partial charge in [-0.2, -0.15) is 0 Å². The molecule has 0 saturated heterocycles. The van der Waals surface area contributed by atoms with E-state index in [-0.39, 0.29) is 12.4 Å². The Bertz CT molecular complexity index is 352. The third-order valence-corrected chi connectivity index (χ3v) is 4.33. The standard InChI is InChI=1S/C13H17N.ClH/c14-11-4-1-3-10(9-11)12-5-8-13(12)6-2-7-13;/h1,3-4,9,12H,2,5-8,14H2;1H. The SMILES string of the molecule is Cl.Nc1cccc(C2CCC23CCC3)c1. The monoisotopic (exact) mass is 223 g/mol. The Morgan fingerprint density at radius 2 is 2.00 bits per heavy atom. The number of halogens is 1. The minimum absolute atomic E-state index is 0. The van der Waals surface area contributed by atoms with Crippen molar-refractivity contribution < 1.29 is 0 Å². The third-order valence-electron chi connectivity index (χ3n) is 4.33. The number of anilines is 1. The van der Waals surface area contributed by atoms with Crippen LogP contribution in [0, 0.1) is 5.41 Å². The molecular formula is C13H18ClN. The number of hydrogen-bond donors (Lipinski definition) is 1. The molecule has 0 aromatic heterocycles. The Kier molecular flexibility index (Phi) is 2.68. The summed E-state index contributed by atoms with van der Waals surface area (Å²) in [6, 6.07) is 8.50. The summed E-state index contributed by atoms with van der Waals surface area (Å²) in [5.74, 6) is 0.819. The van der Waals surface area contributed by atoms with Gasteiger partial charge in [0.25, 0.3) is 0 Å². The molecule has 2 N–H and O–H groups in total. The average molecular weight is 224 g/mol. The molecule has 2 fully saturated rings. The molecule has 2 heteroatoms. The molecule has 1 atom stereocenters. The lowest BCUT2D eigenvalue weighted by molar-refractivity contribution is -0.00194. The van der Waals surface area contributed by atoms with Gasteiger partial charge in [0.15, 0.2) is 0 Å². The van der Waals surface area contributed by atoms with Crippen molar-refractivity contribution in [3.63, 3.8) is 0 Å². The molecule has 0 heterocycles. The Balaban J connectivity index is 0.000000853. The number of hydrogen-bond acceptors (Lipinski definition) is 1. The van der Waals surface area contributed by atoms with Crippen molar-refractivity contribution in [3.05, 3.63) is 29.8 Å². The quantitative estimate of drug-likeness (QED) is 0.722. The summed E-state index contributed by atoms with van der Waals surface area (Å²) in [4.78, 5) is 0. The highest BCUT2D eigenvalue weighted by Crippen LogP contribution is 2.63. The summed E-state index contributed by atoms with van der Waals surface area (Å²) >= 11 is 0. The van der Waals surface area contributed by atoms with Gasteiger partial charge in [-0.05, 0) is 54.7 Å². The predicted octanol–water partition coefficient (Wildman–Crippen LogP) is 3.74. The molecule has 0 radical (unpaired) electrons. The highest BCUT2D eigenvalue weighted by molar-refractivity contribution is 5.85. The molecule has 2 aliphatic carbocycles. The zero-order valence-corrected chi connectivity index (χ0v) is 9.72. The van der Waals surface area contributed by atoms with Crippen LogP contribution in [0.15, 0.2) is 24.3 Å². The molecule has 2 saturated carbocycles. The van der Waals surface area contributed by atoms with E-state index >= 15 is 0 Å². The van der Waals surface area contributed by atoms with E-state index in [4.69, 9.17) is 5.73 Å². The fourth-order valence-corrected chi connectivity index (χ4v) is 3.22. The fraction of sp³-hybridized carbons (Fsp3) is 0.538. The van der Waals surface area contributed by atoms with E-state index in [0.717, 1.165) is 11.6 Å². The minimum atomic E-state index is 0. The predicted molar refractivity (Wildman–Crippen MR) is 66.4 cm³/mol. The van der Waals surface area contributed by atoms with E-state index in [1.54, 1.807) is 0 Å². The highest BCUT2D eigenvalue weighted by Gasteiger charge is 2.50.